The Labute approximate surface area is 116 Å². The van der Waals surface area contributed by atoms with Gasteiger partial charge in [-0.25, -0.2) is 0 Å². The maximum absolute atomic E-state index is 12.3. The van der Waals surface area contributed by atoms with Gasteiger partial charge in [-0.2, -0.15) is 0 Å². The predicted octanol–water partition coefficient (Wildman–Crippen LogP) is 1.46. The van der Waals surface area contributed by atoms with Crippen molar-refractivity contribution in [1.29, 1.82) is 0 Å². The first-order valence-electron chi connectivity index (χ1n) is 6.66. The van der Waals surface area contributed by atoms with Crippen molar-refractivity contribution in [2.24, 2.45) is 5.92 Å². The van der Waals surface area contributed by atoms with Gasteiger partial charge in [-0.05, 0) is 45.1 Å². The molecule has 0 aliphatic carbocycles. The Bertz CT molecular complexity index is 253. The highest BCUT2D eigenvalue weighted by molar-refractivity contribution is 5.86. The van der Waals surface area contributed by atoms with E-state index >= 15 is 0 Å². The molecule has 2 atom stereocenters. The second kappa shape index (κ2) is 7.97. The molecule has 0 spiro atoms. The van der Waals surface area contributed by atoms with E-state index in [0.717, 1.165) is 25.8 Å². The fourth-order valence-corrected chi connectivity index (χ4v) is 2.29. The van der Waals surface area contributed by atoms with Crippen molar-refractivity contribution in [2.45, 2.75) is 58.0 Å². The van der Waals surface area contributed by atoms with Gasteiger partial charge in [0.25, 0.3) is 0 Å². The van der Waals surface area contributed by atoms with E-state index in [1.807, 2.05) is 6.92 Å². The molecule has 108 valence electrons. The summed E-state index contributed by atoms with van der Waals surface area (Å²) in [5.41, 5.74) is -0.430. The van der Waals surface area contributed by atoms with E-state index in [9.17, 15) is 4.79 Å². The van der Waals surface area contributed by atoms with Gasteiger partial charge in [0.1, 0.15) is 0 Å². The number of hydrogen-bond donors (Lipinski definition) is 3. The molecule has 0 bridgehead atoms. The molecule has 0 saturated carbocycles. The fourth-order valence-electron chi connectivity index (χ4n) is 2.29. The van der Waals surface area contributed by atoms with Crippen molar-refractivity contribution >= 4 is 18.3 Å². The zero-order valence-electron chi connectivity index (χ0n) is 11.7. The van der Waals surface area contributed by atoms with E-state index in [-0.39, 0.29) is 31.0 Å². The van der Waals surface area contributed by atoms with E-state index in [4.69, 9.17) is 5.11 Å². The highest BCUT2D eigenvalue weighted by atomic mass is 35.5. The van der Waals surface area contributed by atoms with Crippen LogP contribution in [0.2, 0.25) is 0 Å². The monoisotopic (exact) mass is 278 g/mol. The lowest BCUT2D eigenvalue weighted by atomic mass is 9.89. The Morgan fingerprint density at radius 2 is 2.11 bits per heavy atom. The number of carbonyl (C=O) groups excluding carboxylic acids is 1. The molecule has 1 saturated heterocycles. The van der Waals surface area contributed by atoms with Crippen molar-refractivity contribution in [1.82, 2.24) is 10.6 Å². The van der Waals surface area contributed by atoms with Crippen molar-refractivity contribution < 1.29 is 9.90 Å². The lowest BCUT2D eigenvalue weighted by Crippen LogP contribution is -2.59. The molecule has 5 heteroatoms. The Balaban J connectivity index is 0.00000289. The first kappa shape index (κ1) is 17.7. The van der Waals surface area contributed by atoms with Crippen LogP contribution in [0.3, 0.4) is 0 Å². The average Bonchev–Trinajstić information content (AvgIpc) is 2.29. The normalized spacial score (nSPS) is 25.4. The summed E-state index contributed by atoms with van der Waals surface area (Å²) in [5, 5.41) is 15.4. The third kappa shape index (κ3) is 4.75. The molecule has 0 aromatic carbocycles. The van der Waals surface area contributed by atoms with Gasteiger partial charge >= 0.3 is 0 Å². The van der Waals surface area contributed by atoms with Crippen molar-refractivity contribution in [3.63, 3.8) is 0 Å². The van der Waals surface area contributed by atoms with E-state index in [1.54, 1.807) is 0 Å². The molecule has 1 amide bonds. The second-order valence-electron chi connectivity index (χ2n) is 5.55. The van der Waals surface area contributed by atoms with Crippen LogP contribution in [0, 0.1) is 5.92 Å². The standard InChI is InChI=1S/C13H26N2O2.ClH/c1-10(2)11(6-9-16)15-12(17)13(3)7-4-5-8-14-13;/h10-11,14,16H,4-9H2,1-3H3,(H,15,17);1H. The highest BCUT2D eigenvalue weighted by Crippen LogP contribution is 2.19. The lowest BCUT2D eigenvalue weighted by Gasteiger charge is -2.35. The largest absolute Gasteiger partial charge is 0.396 e. The third-order valence-corrected chi connectivity index (χ3v) is 3.68. The van der Waals surface area contributed by atoms with Crippen LogP contribution in [0.1, 0.15) is 46.5 Å². The highest BCUT2D eigenvalue weighted by Gasteiger charge is 2.35. The van der Waals surface area contributed by atoms with Crippen LogP contribution in [0.4, 0.5) is 0 Å². The van der Waals surface area contributed by atoms with Crippen LogP contribution in [0.25, 0.3) is 0 Å². The summed E-state index contributed by atoms with van der Waals surface area (Å²) in [6.07, 6.45) is 3.76. The van der Waals surface area contributed by atoms with Crippen LogP contribution in [0.15, 0.2) is 0 Å². The number of aliphatic hydroxyl groups is 1. The van der Waals surface area contributed by atoms with Gasteiger partial charge in [0, 0.05) is 12.6 Å². The van der Waals surface area contributed by atoms with E-state index in [2.05, 4.69) is 24.5 Å². The number of rotatable bonds is 5. The van der Waals surface area contributed by atoms with Gasteiger partial charge in [-0.15, -0.1) is 12.4 Å². The van der Waals surface area contributed by atoms with Crippen LogP contribution in [-0.4, -0.2) is 35.7 Å². The summed E-state index contributed by atoms with van der Waals surface area (Å²) < 4.78 is 0. The molecule has 1 heterocycles. The molecule has 0 aromatic heterocycles. The summed E-state index contributed by atoms with van der Waals surface area (Å²) >= 11 is 0. The van der Waals surface area contributed by atoms with E-state index in [1.165, 1.54) is 0 Å². The molecule has 1 fully saturated rings. The number of nitrogens with one attached hydrogen (secondary N) is 2. The molecular weight excluding hydrogens is 252 g/mol. The first-order chi connectivity index (χ1) is 7.99. The quantitative estimate of drug-likeness (QED) is 0.714. The smallest absolute Gasteiger partial charge is 0.240 e. The predicted molar refractivity (Wildman–Crippen MR) is 76.0 cm³/mol. The summed E-state index contributed by atoms with van der Waals surface area (Å²) in [7, 11) is 0. The van der Waals surface area contributed by atoms with Crippen LogP contribution >= 0.6 is 12.4 Å². The molecule has 2 unspecified atom stereocenters. The number of hydrogen-bond acceptors (Lipinski definition) is 3. The van der Waals surface area contributed by atoms with Gasteiger partial charge < -0.3 is 15.7 Å². The number of piperidine rings is 1. The minimum absolute atomic E-state index is 0. The summed E-state index contributed by atoms with van der Waals surface area (Å²) in [6.45, 7) is 7.13. The second-order valence-corrected chi connectivity index (χ2v) is 5.55. The number of amides is 1. The molecule has 0 aromatic rings. The maximum atomic E-state index is 12.3. The molecule has 4 nitrogen and oxygen atoms in total. The molecular formula is C13H27ClN2O2. The topological polar surface area (TPSA) is 61.4 Å². The Kier molecular flexibility index (Phi) is 7.83. The van der Waals surface area contributed by atoms with E-state index in [0.29, 0.717) is 12.3 Å². The van der Waals surface area contributed by atoms with E-state index < -0.39 is 5.54 Å². The van der Waals surface area contributed by atoms with Gasteiger partial charge in [-0.3, -0.25) is 4.79 Å². The van der Waals surface area contributed by atoms with Crippen LogP contribution in [0.5, 0.6) is 0 Å². The maximum Gasteiger partial charge on any atom is 0.240 e. The molecule has 1 rings (SSSR count). The fraction of sp³-hybridized carbons (Fsp3) is 0.923. The van der Waals surface area contributed by atoms with Crippen molar-refractivity contribution in [2.75, 3.05) is 13.2 Å². The summed E-state index contributed by atoms with van der Waals surface area (Å²) in [5.74, 6) is 0.419. The Morgan fingerprint density at radius 3 is 2.56 bits per heavy atom. The van der Waals surface area contributed by atoms with Crippen molar-refractivity contribution in [3.8, 4) is 0 Å². The average molecular weight is 279 g/mol. The summed E-state index contributed by atoms with van der Waals surface area (Å²) in [6, 6.07) is 0.0630. The van der Waals surface area contributed by atoms with Gasteiger partial charge in [-0.1, -0.05) is 13.8 Å². The third-order valence-electron chi connectivity index (χ3n) is 3.68. The zero-order valence-corrected chi connectivity index (χ0v) is 12.5. The minimum atomic E-state index is -0.430. The van der Waals surface area contributed by atoms with Gasteiger partial charge in [0.2, 0.25) is 5.91 Å². The molecule has 18 heavy (non-hydrogen) atoms. The number of aliphatic hydroxyl groups excluding tert-OH is 1. The van der Waals surface area contributed by atoms with Gasteiger partial charge in [0.05, 0.1) is 5.54 Å². The molecule has 1 aliphatic rings. The molecule has 1 aliphatic heterocycles. The summed E-state index contributed by atoms with van der Waals surface area (Å²) in [4.78, 5) is 12.3. The SMILES string of the molecule is CC(C)C(CCO)NC(=O)C1(C)CCCCN1.Cl. The number of carbonyl (C=O) groups is 1. The van der Waals surface area contributed by atoms with Crippen LogP contribution in [-0.2, 0) is 4.79 Å². The molecule has 3 N–H and O–H groups in total. The first-order valence-corrected chi connectivity index (χ1v) is 6.66. The Hall–Kier alpha value is -0.320. The molecule has 0 radical (unpaired) electrons. The van der Waals surface area contributed by atoms with Crippen molar-refractivity contribution in [3.05, 3.63) is 0 Å². The minimum Gasteiger partial charge on any atom is -0.396 e. The zero-order chi connectivity index (χ0) is 12.9. The van der Waals surface area contributed by atoms with Gasteiger partial charge in [0.15, 0.2) is 0 Å². The lowest BCUT2D eigenvalue weighted by molar-refractivity contribution is -0.129. The number of halogens is 1. The van der Waals surface area contributed by atoms with Crippen LogP contribution < -0.4 is 10.6 Å². The Morgan fingerprint density at radius 1 is 1.44 bits per heavy atom.